The zero-order chi connectivity index (χ0) is 23.6. The van der Waals surface area contributed by atoms with Crippen molar-refractivity contribution in [2.24, 2.45) is 5.73 Å². The quantitative estimate of drug-likeness (QED) is 0.338. The molecule has 0 unspecified atom stereocenters. The Bertz CT molecular complexity index is 1240. The van der Waals surface area contributed by atoms with Crippen LogP contribution in [0.2, 0.25) is 5.02 Å². The Morgan fingerprint density at radius 1 is 1.27 bits per heavy atom. The second-order valence-corrected chi connectivity index (χ2v) is 10.6. The molecule has 1 saturated carbocycles. The van der Waals surface area contributed by atoms with Crippen molar-refractivity contribution in [3.8, 4) is 22.6 Å². The van der Waals surface area contributed by atoms with Crippen molar-refractivity contribution in [2.75, 3.05) is 22.3 Å². The van der Waals surface area contributed by atoms with Crippen molar-refractivity contribution in [1.82, 2.24) is 19.9 Å². The number of benzene rings is 1. The minimum absolute atomic E-state index is 0.0190. The summed E-state index contributed by atoms with van der Waals surface area (Å²) in [7, 11) is -3.49. The smallest absolute Gasteiger partial charge is 0.232 e. The molecule has 1 aliphatic carbocycles. The van der Waals surface area contributed by atoms with Gasteiger partial charge in [0.2, 0.25) is 16.0 Å². The molecule has 1 atom stereocenters. The fourth-order valence-electron chi connectivity index (χ4n) is 3.44. The number of nitrogens with zero attached hydrogens (tertiary/aromatic N) is 3. The summed E-state index contributed by atoms with van der Waals surface area (Å²) in [5.41, 5.74) is 8.76. The number of anilines is 2. The van der Waals surface area contributed by atoms with Gasteiger partial charge in [-0.25, -0.2) is 23.4 Å². The Kier molecular flexibility index (Phi) is 6.87. The molecule has 0 radical (unpaired) electrons. The number of rotatable bonds is 10. The average molecular weight is 490 g/mol. The van der Waals surface area contributed by atoms with Gasteiger partial charge in [0, 0.05) is 30.3 Å². The van der Waals surface area contributed by atoms with Gasteiger partial charge < -0.3 is 16.0 Å². The largest absolute Gasteiger partial charge is 0.353 e. The summed E-state index contributed by atoms with van der Waals surface area (Å²) in [6, 6.07) is 6.99. The second kappa shape index (κ2) is 9.66. The van der Waals surface area contributed by atoms with Gasteiger partial charge in [-0.1, -0.05) is 30.7 Å². The van der Waals surface area contributed by atoms with Crippen LogP contribution in [0.4, 0.5) is 11.6 Å². The molecule has 0 amide bonds. The topological polar surface area (TPSA) is 139 Å². The Morgan fingerprint density at radius 3 is 2.76 bits per heavy atom. The molecule has 0 bridgehead atoms. The maximum absolute atomic E-state index is 12.3. The van der Waals surface area contributed by atoms with E-state index in [9.17, 15) is 8.42 Å². The third-order valence-electron chi connectivity index (χ3n) is 5.17. The molecule has 2 heterocycles. The SMILES string of the molecule is CCCS(=O)(=O)Nc1cccc(-c2nc(C3CC3)[nH]c2-c2ccnc(NC[C@H](C)N)n2)c1Cl. The molecule has 0 aliphatic heterocycles. The number of halogens is 1. The van der Waals surface area contributed by atoms with Gasteiger partial charge >= 0.3 is 0 Å². The first kappa shape index (κ1) is 23.5. The predicted molar refractivity (Wildman–Crippen MR) is 132 cm³/mol. The lowest BCUT2D eigenvalue weighted by Crippen LogP contribution is -2.25. The first-order valence-electron chi connectivity index (χ1n) is 11.0. The Morgan fingerprint density at radius 2 is 2.06 bits per heavy atom. The Labute approximate surface area is 198 Å². The Hall–Kier alpha value is -2.69. The predicted octanol–water partition coefficient (Wildman–Crippen LogP) is 3.98. The number of hydrogen-bond donors (Lipinski definition) is 4. The highest BCUT2D eigenvalue weighted by Crippen LogP contribution is 2.43. The lowest BCUT2D eigenvalue weighted by molar-refractivity contribution is 0.600. The van der Waals surface area contributed by atoms with Crippen LogP contribution < -0.4 is 15.8 Å². The van der Waals surface area contributed by atoms with Gasteiger partial charge in [-0.3, -0.25) is 4.72 Å². The van der Waals surface area contributed by atoms with Crippen molar-refractivity contribution < 1.29 is 8.42 Å². The number of hydrogen-bond acceptors (Lipinski definition) is 7. The van der Waals surface area contributed by atoms with Crippen molar-refractivity contribution in [1.29, 1.82) is 0 Å². The zero-order valence-electron chi connectivity index (χ0n) is 18.6. The molecule has 5 N–H and O–H groups in total. The summed E-state index contributed by atoms with van der Waals surface area (Å²) in [4.78, 5) is 17.1. The van der Waals surface area contributed by atoms with Crippen molar-refractivity contribution in [3.63, 3.8) is 0 Å². The molecule has 0 saturated heterocycles. The number of sulfonamides is 1. The van der Waals surface area contributed by atoms with Crippen molar-refractivity contribution >= 4 is 33.3 Å². The van der Waals surface area contributed by atoms with Crippen LogP contribution in [-0.2, 0) is 10.0 Å². The van der Waals surface area contributed by atoms with E-state index in [0.717, 1.165) is 18.7 Å². The minimum Gasteiger partial charge on any atom is -0.353 e. The summed E-state index contributed by atoms with van der Waals surface area (Å²) >= 11 is 6.69. The van der Waals surface area contributed by atoms with E-state index in [1.807, 2.05) is 19.9 Å². The first-order valence-corrected chi connectivity index (χ1v) is 13.0. The minimum atomic E-state index is -3.49. The molecule has 3 aromatic rings. The second-order valence-electron chi connectivity index (χ2n) is 8.33. The van der Waals surface area contributed by atoms with Crippen LogP contribution in [0.1, 0.15) is 44.9 Å². The molecule has 1 aromatic carbocycles. The maximum atomic E-state index is 12.3. The zero-order valence-corrected chi connectivity index (χ0v) is 20.2. The normalized spacial score (nSPS) is 14.8. The monoisotopic (exact) mass is 489 g/mol. The lowest BCUT2D eigenvalue weighted by Gasteiger charge is -2.12. The molecule has 0 spiro atoms. The van der Waals surface area contributed by atoms with Gasteiger partial charge in [-0.2, -0.15) is 0 Å². The molecule has 9 nitrogen and oxygen atoms in total. The number of nitrogens with two attached hydrogens (primary N) is 1. The molecule has 11 heteroatoms. The van der Waals surface area contributed by atoms with E-state index in [4.69, 9.17) is 22.3 Å². The van der Waals surface area contributed by atoms with Crippen LogP contribution >= 0.6 is 11.6 Å². The number of aromatic nitrogens is 4. The highest BCUT2D eigenvalue weighted by molar-refractivity contribution is 7.92. The van der Waals surface area contributed by atoms with Gasteiger partial charge in [0.1, 0.15) is 5.82 Å². The van der Waals surface area contributed by atoms with Crippen LogP contribution in [0.15, 0.2) is 30.5 Å². The number of imidazole rings is 1. The average Bonchev–Trinajstić information content (AvgIpc) is 3.52. The molecule has 33 heavy (non-hydrogen) atoms. The molecule has 176 valence electrons. The number of aromatic amines is 1. The van der Waals surface area contributed by atoms with E-state index in [1.165, 1.54) is 0 Å². The van der Waals surface area contributed by atoms with E-state index in [2.05, 4.69) is 25.0 Å². The standard InChI is InChI=1S/C22H28ClN7O2S/c1-3-11-33(31,32)30-16-6-4-5-15(18(16)23)19-20(29-21(28-19)14-7-8-14)17-9-10-25-22(27-17)26-12-13(2)24/h4-6,9-10,13-14,30H,3,7-8,11-12,24H2,1-2H3,(H,28,29)(H,25,26,27)/t13-/m0/s1. The molecule has 4 rings (SSSR count). The summed E-state index contributed by atoms with van der Waals surface area (Å²) in [5, 5.41) is 3.42. The van der Waals surface area contributed by atoms with E-state index in [-0.39, 0.29) is 16.8 Å². The summed E-state index contributed by atoms with van der Waals surface area (Å²) < 4.78 is 27.2. The van der Waals surface area contributed by atoms with Crippen LogP contribution in [0.3, 0.4) is 0 Å². The fraction of sp³-hybridized carbons (Fsp3) is 0.409. The van der Waals surface area contributed by atoms with Gasteiger partial charge in [0.25, 0.3) is 0 Å². The lowest BCUT2D eigenvalue weighted by atomic mass is 10.1. The van der Waals surface area contributed by atoms with E-state index in [0.29, 0.717) is 53.2 Å². The molecular weight excluding hydrogens is 462 g/mol. The van der Waals surface area contributed by atoms with Crippen LogP contribution in [0, 0.1) is 0 Å². The van der Waals surface area contributed by atoms with Crippen LogP contribution in [-0.4, -0.2) is 46.7 Å². The van der Waals surface area contributed by atoms with E-state index < -0.39 is 10.0 Å². The summed E-state index contributed by atoms with van der Waals surface area (Å²) in [5.74, 6) is 1.73. The fourth-order valence-corrected chi connectivity index (χ4v) is 4.90. The maximum Gasteiger partial charge on any atom is 0.232 e. The third-order valence-corrected chi connectivity index (χ3v) is 7.06. The first-order chi connectivity index (χ1) is 15.8. The summed E-state index contributed by atoms with van der Waals surface area (Å²) in [6.07, 6.45) is 4.32. The molecular formula is C22H28ClN7O2S. The molecule has 1 aliphatic rings. The van der Waals surface area contributed by atoms with Gasteiger partial charge in [0.05, 0.1) is 33.5 Å². The highest BCUT2D eigenvalue weighted by Gasteiger charge is 2.30. The van der Waals surface area contributed by atoms with Crippen LogP contribution in [0.25, 0.3) is 22.6 Å². The van der Waals surface area contributed by atoms with Crippen molar-refractivity contribution in [2.45, 2.75) is 45.1 Å². The number of nitrogens with one attached hydrogen (secondary N) is 3. The molecule has 2 aromatic heterocycles. The van der Waals surface area contributed by atoms with Gasteiger partial charge in [-0.05, 0) is 38.3 Å². The van der Waals surface area contributed by atoms with Crippen LogP contribution in [0.5, 0.6) is 0 Å². The number of H-pyrrole nitrogens is 1. The van der Waals surface area contributed by atoms with Gasteiger partial charge in [0.15, 0.2) is 0 Å². The molecule has 1 fully saturated rings. The van der Waals surface area contributed by atoms with E-state index in [1.54, 1.807) is 24.4 Å². The highest BCUT2D eigenvalue weighted by atomic mass is 35.5. The van der Waals surface area contributed by atoms with Gasteiger partial charge in [-0.15, -0.1) is 0 Å². The Balaban J connectivity index is 1.75. The summed E-state index contributed by atoms with van der Waals surface area (Å²) in [6.45, 7) is 4.25. The van der Waals surface area contributed by atoms with Crippen molar-refractivity contribution in [3.05, 3.63) is 41.3 Å². The third kappa shape index (κ3) is 5.63. The van der Waals surface area contributed by atoms with E-state index >= 15 is 0 Å².